The van der Waals surface area contributed by atoms with Crippen LogP contribution in [-0.4, -0.2) is 27.6 Å². The molecule has 2 aromatic rings. The molecule has 0 spiro atoms. The van der Waals surface area contributed by atoms with Crippen LogP contribution in [0, 0.1) is 18.8 Å². The van der Waals surface area contributed by atoms with E-state index in [2.05, 4.69) is 27.1 Å². The number of carbonyl (C=O) groups excluding carboxylic acids is 1. The third-order valence-electron chi connectivity index (χ3n) is 2.19. The van der Waals surface area contributed by atoms with Gasteiger partial charge in [0.15, 0.2) is 5.13 Å². The minimum Gasteiger partial charge on any atom is -0.384 e. The Balaban J connectivity index is 2.06. The number of pyridine rings is 1. The van der Waals surface area contributed by atoms with Crippen molar-refractivity contribution in [2.75, 3.05) is 11.9 Å². The maximum atomic E-state index is 11.9. The molecule has 0 unspecified atom stereocenters. The Kier molecular flexibility index (Phi) is 4.23. The van der Waals surface area contributed by atoms with Crippen molar-refractivity contribution >= 4 is 22.4 Å². The number of carbonyl (C=O) groups is 1. The van der Waals surface area contributed by atoms with Gasteiger partial charge in [0.25, 0.3) is 5.91 Å². The van der Waals surface area contributed by atoms with Crippen LogP contribution in [0.1, 0.15) is 20.9 Å². The molecule has 0 bridgehead atoms. The number of hydrogen-bond donors (Lipinski definition) is 2. The summed E-state index contributed by atoms with van der Waals surface area (Å²) >= 11 is 1.25. The van der Waals surface area contributed by atoms with E-state index in [1.165, 1.54) is 17.5 Å². The first-order valence-corrected chi connectivity index (χ1v) is 6.30. The quantitative estimate of drug-likeness (QED) is 0.812. The molecular formula is C13H11N3O2S. The van der Waals surface area contributed by atoms with E-state index in [1.54, 1.807) is 18.3 Å². The van der Waals surface area contributed by atoms with E-state index < -0.39 is 0 Å². The molecular weight excluding hydrogens is 262 g/mol. The molecule has 96 valence electrons. The zero-order valence-electron chi connectivity index (χ0n) is 10.2. The van der Waals surface area contributed by atoms with E-state index in [1.807, 2.05) is 6.92 Å². The molecule has 2 N–H and O–H groups in total. The number of aliphatic hydroxyl groups is 1. The van der Waals surface area contributed by atoms with Gasteiger partial charge in [0.2, 0.25) is 0 Å². The van der Waals surface area contributed by atoms with Gasteiger partial charge in [0, 0.05) is 11.9 Å². The predicted octanol–water partition coefficient (Wildman–Crippen LogP) is 1.44. The van der Waals surface area contributed by atoms with Gasteiger partial charge in [-0.25, -0.2) is 4.98 Å². The Labute approximate surface area is 114 Å². The van der Waals surface area contributed by atoms with Crippen molar-refractivity contribution in [2.24, 2.45) is 0 Å². The van der Waals surface area contributed by atoms with Gasteiger partial charge in [-0.2, -0.15) is 0 Å². The molecule has 5 nitrogen and oxygen atoms in total. The molecule has 0 aliphatic heterocycles. The zero-order chi connectivity index (χ0) is 13.7. The van der Waals surface area contributed by atoms with Crippen molar-refractivity contribution < 1.29 is 9.90 Å². The summed E-state index contributed by atoms with van der Waals surface area (Å²) < 4.78 is 0. The van der Waals surface area contributed by atoms with Gasteiger partial charge >= 0.3 is 0 Å². The van der Waals surface area contributed by atoms with Crippen LogP contribution in [-0.2, 0) is 0 Å². The van der Waals surface area contributed by atoms with Crippen LogP contribution in [0.15, 0.2) is 24.5 Å². The second-order valence-corrected chi connectivity index (χ2v) is 4.66. The first-order valence-electron chi connectivity index (χ1n) is 5.48. The Morgan fingerprint density at radius 1 is 1.42 bits per heavy atom. The molecule has 0 atom stereocenters. The molecule has 0 radical (unpaired) electrons. The highest BCUT2D eigenvalue weighted by molar-refractivity contribution is 7.16. The molecule has 0 aromatic carbocycles. The van der Waals surface area contributed by atoms with Gasteiger partial charge in [0.1, 0.15) is 6.61 Å². The molecule has 0 saturated heterocycles. The minimum atomic E-state index is -0.261. The molecule has 0 saturated carbocycles. The lowest BCUT2D eigenvalue weighted by atomic mass is 10.2. The van der Waals surface area contributed by atoms with Crippen LogP contribution in [0.2, 0.25) is 0 Å². The summed E-state index contributed by atoms with van der Waals surface area (Å²) in [4.78, 5) is 20.7. The summed E-state index contributed by atoms with van der Waals surface area (Å²) in [6, 6.07) is 3.48. The fourth-order valence-corrected chi connectivity index (χ4v) is 1.97. The molecule has 0 aliphatic carbocycles. The Morgan fingerprint density at radius 3 is 2.95 bits per heavy atom. The Hall–Kier alpha value is -2.23. The van der Waals surface area contributed by atoms with E-state index in [-0.39, 0.29) is 12.5 Å². The van der Waals surface area contributed by atoms with E-state index in [9.17, 15) is 4.79 Å². The summed E-state index contributed by atoms with van der Waals surface area (Å²) in [6.45, 7) is 1.66. The molecule has 19 heavy (non-hydrogen) atoms. The average Bonchev–Trinajstić information content (AvgIpc) is 2.84. The summed E-state index contributed by atoms with van der Waals surface area (Å²) in [5.74, 6) is 4.99. The summed E-state index contributed by atoms with van der Waals surface area (Å²) in [7, 11) is 0. The summed E-state index contributed by atoms with van der Waals surface area (Å²) in [6.07, 6.45) is 3.07. The molecule has 2 rings (SSSR count). The van der Waals surface area contributed by atoms with Gasteiger partial charge < -0.3 is 5.11 Å². The van der Waals surface area contributed by atoms with Crippen molar-refractivity contribution in [3.8, 4) is 11.8 Å². The number of anilines is 1. The number of nitrogens with zero attached hydrogens (tertiary/aromatic N) is 2. The zero-order valence-corrected chi connectivity index (χ0v) is 11.0. The van der Waals surface area contributed by atoms with E-state index in [0.29, 0.717) is 15.6 Å². The summed E-state index contributed by atoms with van der Waals surface area (Å²) in [5.41, 5.74) is 1.33. The van der Waals surface area contributed by atoms with Crippen molar-refractivity contribution in [2.45, 2.75) is 6.92 Å². The highest BCUT2D eigenvalue weighted by Gasteiger charge is 2.08. The predicted molar refractivity (Wildman–Crippen MR) is 73.0 cm³/mol. The lowest BCUT2D eigenvalue weighted by molar-refractivity contribution is 0.102. The minimum absolute atomic E-state index is 0.200. The monoisotopic (exact) mass is 273 g/mol. The van der Waals surface area contributed by atoms with Gasteiger partial charge in [-0.05, 0) is 19.1 Å². The van der Waals surface area contributed by atoms with Gasteiger partial charge in [0.05, 0.1) is 16.6 Å². The number of aromatic nitrogens is 2. The molecule has 1 amide bonds. The van der Waals surface area contributed by atoms with Crippen molar-refractivity contribution in [1.29, 1.82) is 0 Å². The van der Waals surface area contributed by atoms with Gasteiger partial charge in [-0.3, -0.25) is 15.1 Å². The normalized spacial score (nSPS) is 9.58. The molecule has 0 fully saturated rings. The van der Waals surface area contributed by atoms with Crippen LogP contribution < -0.4 is 5.32 Å². The average molecular weight is 273 g/mol. The fraction of sp³-hybridized carbons (Fsp3) is 0.154. The SMILES string of the molecule is Cc1ccc(C(=O)Nc2ncc(C#CCO)s2)cn1. The van der Waals surface area contributed by atoms with E-state index in [4.69, 9.17) is 5.11 Å². The maximum absolute atomic E-state index is 11.9. The van der Waals surface area contributed by atoms with Gasteiger partial charge in [-0.15, -0.1) is 0 Å². The largest absolute Gasteiger partial charge is 0.384 e. The van der Waals surface area contributed by atoms with Crippen LogP contribution in [0.3, 0.4) is 0 Å². The highest BCUT2D eigenvalue weighted by Crippen LogP contribution is 2.17. The van der Waals surface area contributed by atoms with Crippen molar-refractivity contribution in [1.82, 2.24) is 9.97 Å². The van der Waals surface area contributed by atoms with Crippen LogP contribution in [0.25, 0.3) is 0 Å². The lowest BCUT2D eigenvalue weighted by Gasteiger charge is -2.00. The standard InChI is InChI=1S/C13H11N3O2S/c1-9-4-5-10(7-14-9)12(18)16-13-15-8-11(19-13)3-2-6-17/h4-5,7-8,17H,6H2,1H3,(H,15,16,18). The number of amides is 1. The number of aryl methyl sites for hydroxylation is 1. The third kappa shape index (κ3) is 3.61. The summed E-state index contributed by atoms with van der Waals surface area (Å²) in [5, 5.41) is 11.7. The molecule has 6 heteroatoms. The number of rotatable bonds is 2. The van der Waals surface area contributed by atoms with E-state index >= 15 is 0 Å². The maximum Gasteiger partial charge on any atom is 0.259 e. The van der Waals surface area contributed by atoms with Crippen LogP contribution in [0.4, 0.5) is 5.13 Å². The molecule has 0 aliphatic rings. The van der Waals surface area contributed by atoms with Crippen molar-refractivity contribution in [3.05, 3.63) is 40.7 Å². The van der Waals surface area contributed by atoms with Gasteiger partial charge in [-0.1, -0.05) is 23.2 Å². The Bertz CT molecular complexity index is 638. The smallest absolute Gasteiger partial charge is 0.259 e. The third-order valence-corrected chi connectivity index (χ3v) is 3.02. The highest BCUT2D eigenvalue weighted by atomic mass is 32.1. The molecule has 2 aromatic heterocycles. The first-order chi connectivity index (χ1) is 9.19. The van der Waals surface area contributed by atoms with Crippen LogP contribution in [0.5, 0.6) is 0 Å². The number of thiazole rings is 1. The van der Waals surface area contributed by atoms with Crippen LogP contribution >= 0.6 is 11.3 Å². The fourth-order valence-electron chi connectivity index (χ4n) is 1.29. The second kappa shape index (κ2) is 6.09. The number of hydrogen-bond acceptors (Lipinski definition) is 5. The lowest BCUT2D eigenvalue weighted by Crippen LogP contribution is -2.11. The van der Waals surface area contributed by atoms with Crippen molar-refractivity contribution in [3.63, 3.8) is 0 Å². The second-order valence-electron chi connectivity index (χ2n) is 3.63. The first kappa shape index (κ1) is 13.2. The number of nitrogens with one attached hydrogen (secondary N) is 1. The molecule has 2 heterocycles. The number of aliphatic hydroxyl groups excluding tert-OH is 1. The topological polar surface area (TPSA) is 75.1 Å². The van der Waals surface area contributed by atoms with E-state index in [0.717, 1.165) is 5.69 Å². The Morgan fingerprint density at radius 2 is 2.26 bits per heavy atom.